The lowest BCUT2D eigenvalue weighted by Crippen LogP contribution is -2.46. The standard InChI is InChI=1S/C53H99NO5/c1-4-7-10-13-16-19-22-24-25-26-27-28-29-31-34-37-40-43-46-53(58)59-49(44-41-38-35-32-21-18-15-12-9-6-3)47-52(57)54-50(48-55)51(56)45-42-39-36-33-30-23-20-17-14-11-8-5-2/h22,24-28,49-51,55-56H,4-21,23,29-48H2,1-3H3,(H,54,57)/b24-22+,26-25+,28-27+. The van der Waals surface area contributed by atoms with Gasteiger partial charge in [-0.05, 0) is 51.4 Å². The number of nitrogens with one attached hydrogen (secondary N) is 1. The number of allylic oxidation sites excluding steroid dienone is 6. The van der Waals surface area contributed by atoms with Crippen LogP contribution in [0.4, 0.5) is 0 Å². The summed E-state index contributed by atoms with van der Waals surface area (Å²) >= 11 is 0. The molecule has 0 saturated carbocycles. The van der Waals surface area contributed by atoms with Gasteiger partial charge in [0.05, 0.1) is 25.2 Å². The summed E-state index contributed by atoms with van der Waals surface area (Å²) in [5.74, 6) is -0.488. The minimum atomic E-state index is -0.787. The summed E-state index contributed by atoms with van der Waals surface area (Å²) in [6, 6.07) is -0.701. The molecule has 0 bridgehead atoms. The molecule has 6 heteroatoms. The van der Waals surface area contributed by atoms with Crippen molar-refractivity contribution in [1.82, 2.24) is 5.32 Å². The van der Waals surface area contributed by atoms with Gasteiger partial charge in [-0.15, -0.1) is 0 Å². The fourth-order valence-corrected chi connectivity index (χ4v) is 7.84. The van der Waals surface area contributed by atoms with E-state index in [0.717, 1.165) is 70.6 Å². The fraction of sp³-hybridized carbons (Fsp3) is 0.849. The Morgan fingerprint density at radius 3 is 1.29 bits per heavy atom. The number of hydrogen-bond acceptors (Lipinski definition) is 5. The number of rotatable bonds is 46. The Kier molecular flexibility index (Phi) is 45.6. The van der Waals surface area contributed by atoms with Crippen LogP contribution < -0.4 is 5.32 Å². The van der Waals surface area contributed by atoms with E-state index < -0.39 is 18.2 Å². The predicted octanol–water partition coefficient (Wildman–Crippen LogP) is 15.3. The Labute approximate surface area is 366 Å². The molecule has 346 valence electrons. The Bertz CT molecular complexity index is 977. The lowest BCUT2D eigenvalue weighted by Gasteiger charge is -2.24. The van der Waals surface area contributed by atoms with E-state index >= 15 is 0 Å². The van der Waals surface area contributed by atoms with Gasteiger partial charge < -0.3 is 20.3 Å². The van der Waals surface area contributed by atoms with Crippen molar-refractivity contribution < 1.29 is 24.5 Å². The summed E-state index contributed by atoms with van der Waals surface area (Å²) in [6.45, 7) is 6.46. The molecule has 1 amide bonds. The number of ether oxygens (including phenoxy) is 1. The van der Waals surface area contributed by atoms with Crippen molar-refractivity contribution in [2.24, 2.45) is 0 Å². The average molecular weight is 830 g/mol. The second kappa shape index (κ2) is 47.1. The highest BCUT2D eigenvalue weighted by Crippen LogP contribution is 2.18. The molecule has 0 aliphatic carbocycles. The normalized spacial score (nSPS) is 13.5. The van der Waals surface area contributed by atoms with Gasteiger partial charge in [0.15, 0.2) is 0 Å². The SMILES string of the molecule is CCCCCCC/C=C/C=C/C=C/CCCCCCCC(=O)OC(CCCCCCCCCCCC)CC(=O)NC(CO)C(O)CCCCCCCCCCCCCC. The second-order valence-corrected chi connectivity index (χ2v) is 17.6. The molecule has 3 unspecified atom stereocenters. The highest BCUT2D eigenvalue weighted by atomic mass is 16.5. The molecule has 3 N–H and O–H groups in total. The molecule has 0 rings (SSSR count). The highest BCUT2D eigenvalue weighted by Gasteiger charge is 2.24. The van der Waals surface area contributed by atoms with Gasteiger partial charge in [0.1, 0.15) is 6.10 Å². The maximum atomic E-state index is 13.2. The van der Waals surface area contributed by atoms with Crippen molar-refractivity contribution in [2.45, 2.75) is 283 Å². The van der Waals surface area contributed by atoms with Crippen LogP contribution in [0, 0.1) is 0 Å². The highest BCUT2D eigenvalue weighted by molar-refractivity contribution is 5.77. The van der Waals surface area contributed by atoms with Gasteiger partial charge >= 0.3 is 5.97 Å². The van der Waals surface area contributed by atoms with Crippen LogP contribution in [0.5, 0.6) is 0 Å². The van der Waals surface area contributed by atoms with Gasteiger partial charge in [0.2, 0.25) is 5.91 Å². The van der Waals surface area contributed by atoms with Gasteiger partial charge in [-0.25, -0.2) is 0 Å². The van der Waals surface area contributed by atoms with E-state index in [1.54, 1.807) is 0 Å². The molecule has 0 aromatic rings. The van der Waals surface area contributed by atoms with Crippen molar-refractivity contribution in [3.05, 3.63) is 36.5 Å². The van der Waals surface area contributed by atoms with Gasteiger partial charge in [-0.1, -0.05) is 237 Å². The van der Waals surface area contributed by atoms with E-state index in [4.69, 9.17) is 4.74 Å². The van der Waals surface area contributed by atoms with Gasteiger partial charge in [0.25, 0.3) is 0 Å². The largest absolute Gasteiger partial charge is 0.462 e. The summed E-state index contributed by atoms with van der Waals surface area (Å²) in [7, 11) is 0. The van der Waals surface area contributed by atoms with E-state index in [0.29, 0.717) is 19.3 Å². The third kappa shape index (κ3) is 42.6. The molecule has 0 fully saturated rings. The van der Waals surface area contributed by atoms with E-state index in [2.05, 4.69) is 62.5 Å². The first-order valence-corrected chi connectivity index (χ1v) is 25.7. The molecule has 0 aromatic carbocycles. The summed E-state index contributed by atoms with van der Waals surface area (Å²) in [4.78, 5) is 26.1. The average Bonchev–Trinajstić information content (AvgIpc) is 3.23. The van der Waals surface area contributed by atoms with Gasteiger partial charge in [-0.2, -0.15) is 0 Å². The fourth-order valence-electron chi connectivity index (χ4n) is 7.84. The van der Waals surface area contributed by atoms with Crippen molar-refractivity contribution >= 4 is 11.9 Å². The third-order valence-electron chi connectivity index (χ3n) is 11.8. The zero-order valence-corrected chi connectivity index (χ0v) is 39.4. The molecule has 0 spiro atoms. The predicted molar refractivity (Wildman–Crippen MR) is 255 cm³/mol. The minimum absolute atomic E-state index is 0.0725. The first kappa shape index (κ1) is 57.1. The number of carbonyl (C=O) groups excluding carboxylic acids is 2. The van der Waals surface area contributed by atoms with Crippen LogP contribution in [0.2, 0.25) is 0 Å². The molecule has 3 atom stereocenters. The monoisotopic (exact) mass is 830 g/mol. The van der Waals surface area contributed by atoms with Crippen LogP contribution in [-0.2, 0) is 14.3 Å². The smallest absolute Gasteiger partial charge is 0.306 e. The molecule has 0 aliphatic heterocycles. The summed E-state index contributed by atoms with van der Waals surface area (Å²) in [5.41, 5.74) is 0. The molecular formula is C53H99NO5. The topological polar surface area (TPSA) is 95.9 Å². The van der Waals surface area contributed by atoms with E-state index in [1.807, 2.05) is 0 Å². The maximum absolute atomic E-state index is 13.2. The number of aliphatic hydroxyl groups excluding tert-OH is 2. The van der Waals surface area contributed by atoms with Crippen LogP contribution in [0.25, 0.3) is 0 Å². The number of unbranched alkanes of at least 4 members (excludes halogenated alkanes) is 30. The van der Waals surface area contributed by atoms with Crippen LogP contribution >= 0.6 is 0 Å². The summed E-state index contributed by atoms with van der Waals surface area (Å²) in [6.07, 6.45) is 54.9. The molecule has 59 heavy (non-hydrogen) atoms. The van der Waals surface area contributed by atoms with E-state index in [9.17, 15) is 19.8 Å². The van der Waals surface area contributed by atoms with Gasteiger partial charge in [-0.3, -0.25) is 9.59 Å². The van der Waals surface area contributed by atoms with Gasteiger partial charge in [0, 0.05) is 6.42 Å². The number of carbonyl (C=O) groups is 2. The number of aliphatic hydroxyl groups is 2. The number of esters is 1. The molecular weight excluding hydrogens is 731 g/mol. The Hall–Kier alpha value is -1.92. The number of hydrogen-bond donors (Lipinski definition) is 3. The second-order valence-electron chi connectivity index (χ2n) is 17.6. The van der Waals surface area contributed by atoms with Crippen molar-refractivity contribution in [3.63, 3.8) is 0 Å². The van der Waals surface area contributed by atoms with E-state index in [-0.39, 0.29) is 24.9 Å². The lowest BCUT2D eigenvalue weighted by atomic mass is 10.0. The lowest BCUT2D eigenvalue weighted by molar-refractivity contribution is -0.151. The Morgan fingerprint density at radius 1 is 0.492 bits per heavy atom. The van der Waals surface area contributed by atoms with Crippen LogP contribution in [-0.4, -0.2) is 46.9 Å². The van der Waals surface area contributed by atoms with Crippen LogP contribution in [0.3, 0.4) is 0 Å². The Balaban J connectivity index is 4.52. The van der Waals surface area contributed by atoms with Crippen LogP contribution in [0.15, 0.2) is 36.5 Å². The van der Waals surface area contributed by atoms with E-state index in [1.165, 1.54) is 148 Å². The molecule has 0 radical (unpaired) electrons. The molecule has 6 nitrogen and oxygen atoms in total. The van der Waals surface area contributed by atoms with Crippen LogP contribution in [0.1, 0.15) is 265 Å². The molecule has 0 aromatic heterocycles. The number of amides is 1. The maximum Gasteiger partial charge on any atom is 0.306 e. The first-order chi connectivity index (χ1) is 29.0. The third-order valence-corrected chi connectivity index (χ3v) is 11.8. The quantitative estimate of drug-likeness (QED) is 0.0323. The first-order valence-electron chi connectivity index (χ1n) is 25.7. The Morgan fingerprint density at radius 2 is 0.864 bits per heavy atom. The minimum Gasteiger partial charge on any atom is -0.462 e. The zero-order valence-electron chi connectivity index (χ0n) is 39.4. The molecule has 0 aliphatic rings. The molecule has 0 heterocycles. The van der Waals surface area contributed by atoms with Crippen molar-refractivity contribution in [2.75, 3.05) is 6.61 Å². The van der Waals surface area contributed by atoms with Crippen molar-refractivity contribution in [1.29, 1.82) is 0 Å². The molecule has 0 saturated heterocycles. The van der Waals surface area contributed by atoms with Crippen molar-refractivity contribution in [3.8, 4) is 0 Å². The summed E-state index contributed by atoms with van der Waals surface area (Å²) in [5, 5.41) is 23.7. The summed E-state index contributed by atoms with van der Waals surface area (Å²) < 4.78 is 5.92. The zero-order chi connectivity index (χ0) is 43.1.